The third-order valence-corrected chi connectivity index (χ3v) is 4.87. The van der Waals surface area contributed by atoms with Crippen LogP contribution in [-0.4, -0.2) is 44.2 Å². The Kier molecular flexibility index (Phi) is 4.19. The van der Waals surface area contributed by atoms with Crippen LogP contribution in [0.25, 0.3) is 5.82 Å². The number of hydrogen-bond donors (Lipinski definition) is 2. The number of carbonyl (C=O) groups is 1. The van der Waals surface area contributed by atoms with Crippen molar-refractivity contribution < 1.29 is 9.90 Å². The number of rotatable bonds is 4. The molecule has 1 saturated heterocycles. The number of nitrogens with two attached hydrogens (primary N) is 1. The zero-order chi connectivity index (χ0) is 17.5. The minimum Gasteiger partial charge on any atom is -0.480 e. The maximum absolute atomic E-state index is 11.3. The molecule has 0 aliphatic carbocycles. The van der Waals surface area contributed by atoms with E-state index >= 15 is 0 Å². The van der Waals surface area contributed by atoms with Crippen LogP contribution in [0.1, 0.15) is 28.9 Å². The molecule has 1 atom stereocenters. The molecule has 0 aromatic carbocycles. The molecule has 1 aliphatic rings. The van der Waals surface area contributed by atoms with Crippen molar-refractivity contribution in [3.05, 3.63) is 46.9 Å². The van der Waals surface area contributed by atoms with Gasteiger partial charge in [0.15, 0.2) is 0 Å². The van der Waals surface area contributed by atoms with E-state index in [1.807, 2.05) is 12.3 Å². The standard InChI is InChI=1S/C18H24N4O2/c1-12-4-6-20-16(8-12)22-13(2)9-15(14(22)3)10-21-7-5-18(19,11-21)17(23)24/h4,6,8-9H,5,7,10-11,19H2,1-3H3,(H,23,24)/t18-/m1/s1. The fourth-order valence-corrected chi connectivity index (χ4v) is 3.45. The second kappa shape index (κ2) is 6.03. The Labute approximate surface area is 141 Å². The van der Waals surface area contributed by atoms with Gasteiger partial charge in [0.25, 0.3) is 0 Å². The Morgan fingerprint density at radius 3 is 2.75 bits per heavy atom. The number of likely N-dealkylation sites (tertiary alicyclic amines) is 1. The average molecular weight is 328 g/mol. The summed E-state index contributed by atoms with van der Waals surface area (Å²) in [7, 11) is 0. The molecule has 3 rings (SSSR count). The lowest BCUT2D eigenvalue weighted by atomic mass is 10.0. The van der Waals surface area contributed by atoms with Gasteiger partial charge in [0.2, 0.25) is 0 Å². The molecular formula is C18H24N4O2. The molecule has 2 aromatic heterocycles. The molecule has 0 bridgehead atoms. The molecule has 0 unspecified atom stereocenters. The molecule has 1 fully saturated rings. The molecule has 0 spiro atoms. The number of aliphatic carboxylic acids is 1. The van der Waals surface area contributed by atoms with E-state index < -0.39 is 11.5 Å². The smallest absolute Gasteiger partial charge is 0.325 e. The Bertz CT molecular complexity index is 783. The van der Waals surface area contributed by atoms with Gasteiger partial charge in [0, 0.05) is 37.2 Å². The third kappa shape index (κ3) is 2.95. The van der Waals surface area contributed by atoms with E-state index in [0.717, 1.165) is 17.2 Å². The van der Waals surface area contributed by atoms with E-state index in [9.17, 15) is 9.90 Å². The van der Waals surface area contributed by atoms with Gasteiger partial charge in [-0.05, 0) is 56.5 Å². The van der Waals surface area contributed by atoms with Crippen molar-refractivity contribution in [1.82, 2.24) is 14.5 Å². The molecule has 6 nitrogen and oxygen atoms in total. The van der Waals surface area contributed by atoms with Crippen molar-refractivity contribution in [2.24, 2.45) is 5.73 Å². The molecule has 2 aromatic rings. The van der Waals surface area contributed by atoms with Gasteiger partial charge >= 0.3 is 5.97 Å². The monoisotopic (exact) mass is 328 g/mol. The predicted octanol–water partition coefficient (Wildman–Crippen LogP) is 1.79. The van der Waals surface area contributed by atoms with Crippen molar-refractivity contribution in [2.75, 3.05) is 13.1 Å². The SMILES string of the molecule is Cc1ccnc(-n2c(C)cc(CN3CC[C@](N)(C(=O)O)C3)c2C)c1. The number of aryl methyl sites for hydroxylation is 2. The summed E-state index contributed by atoms with van der Waals surface area (Å²) in [6.07, 6.45) is 2.31. The highest BCUT2D eigenvalue weighted by Crippen LogP contribution is 2.25. The Morgan fingerprint density at radius 2 is 2.12 bits per heavy atom. The Hall–Kier alpha value is -2.18. The lowest BCUT2D eigenvalue weighted by Crippen LogP contribution is -2.50. The van der Waals surface area contributed by atoms with Crippen molar-refractivity contribution in [2.45, 2.75) is 39.3 Å². The zero-order valence-electron chi connectivity index (χ0n) is 14.4. The normalized spacial score (nSPS) is 21.3. The second-order valence-electron chi connectivity index (χ2n) is 6.85. The van der Waals surface area contributed by atoms with Crippen LogP contribution < -0.4 is 5.73 Å². The van der Waals surface area contributed by atoms with E-state index in [2.05, 4.69) is 47.4 Å². The summed E-state index contributed by atoms with van der Waals surface area (Å²) >= 11 is 0. The molecule has 6 heteroatoms. The highest BCUT2D eigenvalue weighted by Gasteiger charge is 2.41. The van der Waals surface area contributed by atoms with E-state index in [1.165, 1.54) is 11.1 Å². The summed E-state index contributed by atoms with van der Waals surface area (Å²) in [5, 5.41) is 9.27. The zero-order valence-corrected chi connectivity index (χ0v) is 14.4. The van der Waals surface area contributed by atoms with Crippen molar-refractivity contribution in [1.29, 1.82) is 0 Å². The predicted molar refractivity (Wildman–Crippen MR) is 92.2 cm³/mol. The number of aromatic nitrogens is 2. The van der Waals surface area contributed by atoms with Gasteiger partial charge in [-0.1, -0.05) is 0 Å². The highest BCUT2D eigenvalue weighted by atomic mass is 16.4. The molecule has 0 radical (unpaired) electrons. The van der Waals surface area contributed by atoms with Gasteiger partial charge in [-0.2, -0.15) is 0 Å². The first-order chi connectivity index (χ1) is 11.3. The molecular weight excluding hydrogens is 304 g/mol. The van der Waals surface area contributed by atoms with E-state index in [0.29, 0.717) is 26.1 Å². The molecule has 1 aliphatic heterocycles. The van der Waals surface area contributed by atoms with Crippen molar-refractivity contribution >= 4 is 5.97 Å². The maximum atomic E-state index is 11.3. The number of carboxylic acid groups (broad SMARTS) is 1. The van der Waals surface area contributed by atoms with Crippen LogP contribution in [-0.2, 0) is 11.3 Å². The Morgan fingerprint density at radius 1 is 1.38 bits per heavy atom. The first-order valence-corrected chi connectivity index (χ1v) is 8.16. The van der Waals surface area contributed by atoms with Crippen LogP contribution in [0.2, 0.25) is 0 Å². The lowest BCUT2D eigenvalue weighted by molar-refractivity contribution is -0.142. The molecule has 24 heavy (non-hydrogen) atoms. The van der Waals surface area contributed by atoms with Gasteiger partial charge in [-0.15, -0.1) is 0 Å². The van der Waals surface area contributed by atoms with Crippen LogP contribution in [0.15, 0.2) is 24.4 Å². The minimum atomic E-state index is -1.12. The fraction of sp³-hybridized carbons (Fsp3) is 0.444. The summed E-state index contributed by atoms with van der Waals surface area (Å²) in [6, 6.07) is 6.20. The number of hydrogen-bond acceptors (Lipinski definition) is 4. The first-order valence-electron chi connectivity index (χ1n) is 8.16. The lowest BCUT2D eigenvalue weighted by Gasteiger charge is -2.20. The van der Waals surface area contributed by atoms with Crippen LogP contribution in [0.4, 0.5) is 0 Å². The second-order valence-corrected chi connectivity index (χ2v) is 6.85. The maximum Gasteiger partial charge on any atom is 0.325 e. The van der Waals surface area contributed by atoms with Gasteiger partial charge in [-0.3, -0.25) is 9.69 Å². The average Bonchev–Trinajstić information content (AvgIpc) is 3.01. The van der Waals surface area contributed by atoms with Crippen LogP contribution in [0.3, 0.4) is 0 Å². The molecule has 3 N–H and O–H groups in total. The van der Waals surface area contributed by atoms with Crippen molar-refractivity contribution in [3.8, 4) is 5.82 Å². The summed E-state index contributed by atoms with van der Waals surface area (Å²) in [5.74, 6) is -0.00388. The summed E-state index contributed by atoms with van der Waals surface area (Å²) in [5.41, 5.74) is 9.46. The highest BCUT2D eigenvalue weighted by molar-refractivity contribution is 5.79. The first kappa shape index (κ1) is 16.7. The molecule has 3 heterocycles. The van der Waals surface area contributed by atoms with Gasteiger partial charge in [0.05, 0.1) is 0 Å². The van der Waals surface area contributed by atoms with Crippen LogP contribution in [0.5, 0.6) is 0 Å². The molecule has 0 saturated carbocycles. The van der Waals surface area contributed by atoms with E-state index in [1.54, 1.807) is 0 Å². The minimum absolute atomic E-state index is 0.384. The Balaban J connectivity index is 1.84. The number of pyridine rings is 1. The number of carboxylic acids is 1. The summed E-state index contributed by atoms with van der Waals surface area (Å²) < 4.78 is 2.14. The van der Waals surface area contributed by atoms with Gasteiger partial charge in [-0.25, -0.2) is 4.98 Å². The summed E-state index contributed by atoms with van der Waals surface area (Å²) in [6.45, 7) is 7.99. The fourth-order valence-electron chi connectivity index (χ4n) is 3.45. The van der Waals surface area contributed by atoms with E-state index in [-0.39, 0.29) is 0 Å². The number of nitrogens with zero attached hydrogens (tertiary/aromatic N) is 3. The largest absolute Gasteiger partial charge is 0.480 e. The topological polar surface area (TPSA) is 84.4 Å². The molecule has 0 amide bonds. The van der Waals surface area contributed by atoms with Crippen LogP contribution in [0, 0.1) is 20.8 Å². The van der Waals surface area contributed by atoms with Gasteiger partial charge < -0.3 is 15.4 Å². The molecule has 128 valence electrons. The summed E-state index contributed by atoms with van der Waals surface area (Å²) in [4.78, 5) is 17.9. The van der Waals surface area contributed by atoms with E-state index in [4.69, 9.17) is 5.73 Å². The third-order valence-electron chi connectivity index (χ3n) is 4.87. The quantitative estimate of drug-likeness (QED) is 0.894. The van der Waals surface area contributed by atoms with Crippen LogP contribution >= 0.6 is 0 Å². The van der Waals surface area contributed by atoms with Crippen molar-refractivity contribution in [3.63, 3.8) is 0 Å². The van der Waals surface area contributed by atoms with Gasteiger partial charge in [0.1, 0.15) is 11.4 Å².